The molecule has 1 aliphatic heterocycles. The molecule has 0 radical (unpaired) electrons. The molecule has 1 saturated heterocycles. The SMILES string of the molecule is O=C(Nc1cccc(C2CCNN2)c1)c1cn(Cc2ccccc2)nn1. The molecule has 2 heterocycles. The number of nitrogens with one attached hydrogen (secondary N) is 3. The van der Waals surface area contributed by atoms with Gasteiger partial charge in [-0.05, 0) is 29.7 Å². The third kappa shape index (κ3) is 3.79. The number of nitrogens with zero attached hydrogens (tertiary/aromatic N) is 3. The summed E-state index contributed by atoms with van der Waals surface area (Å²) in [6, 6.07) is 18.1. The van der Waals surface area contributed by atoms with Crippen molar-refractivity contribution in [3.05, 3.63) is 77.6 Å². The summed E-state index contributed by atoms with van der Waals surface area (Å²) in [5.41, 5.74) is 9.64. The Morgan fingerprint density at radius 2 is 2.08 bits per heavy atom. The Hall–Kier alpha value is -3.03. The van der Waals surface area contributed by atoms with E-state index < -0.39 is 0 Å². The molecule has 7 heteroatoms. The fourth-order valence-corrected chi connectivity index (χ4v) is 3.01. The number of aromatic nitrogens is 3. The predicted octanol–water partition coefficient (Wildman–Crippen LogP) is 2.12. The number of carbonyl (C=O) groups excluding carboxylic acids is 1. The van der Waals surface area contributed by atoms with E-state index in [1.807, 2.05) is 48.5 Å². The van der Waals surface area contributed by atoms with Crippen LogP contribution in [0.25, 0.3) is 0 Å². The van der Waals surface area contributed by atoms with E-state index in [9.17, 15) is 4.79 Å². The van der Waals surface area contributed by atoms with E-state index in [2.05, 4.69) is 32.5 Å². The van der Waals surface area contributed by atoms with Crippen molar-refractivity contribution in [3.63, 3.8) is 0 Å². The Balaban J connectivity index is 1.43. The van der Waals surface area contributed by atoms with Gasteiger partial charge < -0.3 is 5.32 Å². The van der Waals surface area contributed by atoms with Crippen molar-refractivity contribution in [3.8, 4) is 0 Å². The number of amides is 1. The highest BCUT2D eigenvalue weighted by atomic mass is 16.2. The molecule has 26 heavy (non-hydrogen) atoms. The lowest BCUT2D eigenvalue weighted by atomic mass is 10.0. The van der Waals surface area contributed by atoms with Gasteiger partial charge in [-0.25, -0.2) is 4.68 Å². The number of carbonyl (C=O) groups is 1. The molecule has 1 aliphatic rings. The number of hydrogen-bond donors (Lipinski definition) is 3. The van der Waals surface area contributed by atoms with Crippen molar-refractivity contribution in [2.45, 2.75) is 19.0 Å². The summed E-state index contributed by atoms with van der Waals surface area (Å²) < 4.78 is 1.66. The molecule has 1 amide bonds. The smallest absolute Gasteiger partial charge is 0.277 e. The molecule has 0 bridgehead atoms. The molecule has 2 aromatic carbocycles. The van der Waals surface area contributed by atoms with Gasteiger partial charge in [0.1, 0.15) is 0 Å². The molecule has 1 fully saturated rings. The topological polar surface area (TPSA) is 83.9 Å². The molecule has 4 rings (SSSR count). The number of rotatable bonds is 5. The van der Waals surface area contributed by atoms with Crippen LogP contribution in [0, 0.1) is 0 Å². The molecule has 0 spiro atoms. The van der Waals surface area contributed by atoms with Gasteiger partial charge >= 0.3 is 0 Å². The van der Waals surface area contributed by atoms with Crippen LogP contribution in [0.15, 0.2) is 60.8 Å². The summed E-state index contributed by atoms with van der Waals surface area (Å²) in [5.74, 6) is -0.265. The van der Waals surface area contributed by atoms with Crippen LogP contribution >= 0.6 is 0 Å². The molecule has 1 aromatic heterocycles. The van der Waals surface area contributed by atoms with Gasteiger partial charge in [0.05, 0.1) is 12.7 Å². The first-order valence-electron chi connectivity index (χ1n) is 8.62. The molecular formula is C19H20N6O. The average molecular weight is 348 g/mol. The zero-order valence-electron chi connectivity index (χ0n) is 14.2. The largest absolute Gasteiger partial charge is 0.321 e. The van der Waals surface area contributed by atoms with Crippen LogP contribution in [-0.4, -0.2) is 27.4 Å². The van der Waals surface area contributed by atoms with E-state index in [0.29, 0.717) is 12.2 Å². The average Bonchev–Trinajstić information content (AvgIpc) is 3.35. The van der Waals surface area contributed by atoms with Crippen molar-refractivity contribution < 1.29 is 4.79 Å². The highest BCUT2D eigenvalue weighted by molar-refractivity contribution is 6.02. The van der Waals surface area contributed by atoms with Crippen LogP contribution in [0.2, 0.25) is 0 Å². The van der Waals surface area contributed by atoms with Crippen LogP contribution in [-0.2, 0) is 6.54 Å². The third-order valence-corrected chi connectivity index (χ3v) is 4.34. The van der Waals surface area contributed by atoms with E-state index in [-0.39, 0.29) is 11.9 Å². The summed E-state index contributed by atoms with van der Waals surface area (Å²) in [5, 5.41) is 10.9. The zero-order chi connectivity index (χ0) is 17.8. The highest BCUT2D eigenvalue weighted by Gasteiger charge is 2.17. The second kappa shape index (κ2) is 7.47. The van der Waals surface area contributed by atoms with Crippen molar-refractivity contribution in [2.24, 2.45) is 0 Å². The van der Waals surface area contributed by atoms with E-state index in [4.69, 9.17) is 0 Å². The molecule has 132 valence electrons. The number of anilines is 1. The first-order chi connectivity index (χ1) is 12.8. The van der Waals surface area contributed by atoms with Crippen molar-refractivity contribution >= 4 is 11.6 Å². The maximum Gasteiger partial charge on any atom is 0.277 e. The number of hydrazine groups is 1. The van der Waals surface area contributed by atoms with Crippen LogP contribution in [0.5, 0.6) is 0 Å². The third-order valence-electron chi connectivity index (χ3n) is 4.34. The molecular weight excluding hydrogens is 328 g/mol. The first-order valence-corrected chi connectivity index (χ1v) is 8.62. The predicted molar refractivity (Wildman–Crippen MR) is 98.5 cm³/mol. The molecule has 0 saturated carbocycles. The van der Waals surface area contributed by atoms with E-state index in [1.165, 1.54) is 0 Å². The Kier molecular flexibility index (Phi) is 4.72. The minimum atomic E-state index is -0.265. The van der Waals surface area contributed by atoms with Gasteiger partial charge in [0.25, 0.3) is 5.91 Å². The lowest BCUT2D eigenvalue weighted by Crippen LogP contribution is -2.24. The first kappa shape index (κ1) is 16.4. The maximum atomic E-state index is 12.5. The van der Waals surface area contributed by atoms with E-state index >= 15 is 0 Å². The normalized spacial score (nSPS) is 16.5. The van der Waals surface area contributed by atoms with Gasteiger partial charge in [0, 0.05) is 18.3 Å². The van der Waals surface area contributed by atoms with E-state index in [0.717, 1.165) is 29.8 Å². The second-order valence-electron chi connectivity index (χ2n) is 6.28. The van der Waals surface area contributed by atoms with Crippen LogP contribution < -0.4 is 16.2 Å². The molecule has 3 N–H and O–H groups in total. The Morgan fingerprint density at radius 1 is 1.19 bits per heavy atom. The molecule has 3 aromatic rings. The molecule has 1 atom stereocenters. The molecule has 1 unspecified atom stereocenters. The minimum Gasteiger partial charge on any atom is -0.321 e. The van der Waals surface area contributed by atoms with Crippen LogP contribution in [0.1, 0.15) is 34.1 Å². The van der Waals surface area contributed by atoms with Gasteiger partial charge in [-0.2, -0.15) is 0 Å². The fourth-order valence-electron chi connectivity index (χ4n) is 3.01. The van der Waals surface area contributed by atoms with Gasteiger partial charge in [-0.15, -0.1) is 5.10 Å². The van der Waals surface area contributed by atoms with Gasteiger partial charge in [0.15, 0.2) is 5.69 Å². The van der Waals surface area contributed by atoms with Gasteiger partial charge in [-0.1, -0.05) is 47.7 Å². The summed E-state index contributed by atoms with van der Waals surface area (Å²) in [6.07, 6.45) is 2.68. The molecule has 0 aliphatic carbocycles. The van der Waals surface area contributed by atoms with Crippen LogP contribution in [0.3, 0.4) is 0 Å². The Labute approximate surface area is 151 Å². The van der Waals surface area contributed by atoms with Crippen molar-refractivity contribution in [2.75, 3.05) is 11.9 Å². The minimum absolute atomic E-state index is 0.263. The van der Waals surface area contributed by atoms with Crippen molar-refractivity contribution in [1.82, 2.24) is 25.8 Å². The summed E-state index contributed by atoms with van der Waals surface area (Å²) in [7, 11) is 0. The van der Waals surface area contributed by atoms with Gasteiger partial charge in [-0.3, -0.25) is 15.6 Å². The summed E-state index contributed by atoms with van der Waals surface area (Å²) in [4.78, 5) is 12.5. The Bertz CT molecular complexity index is 886. The fraction of sp³-hybridized carbons (Fsp3) is 0.211. The summed E-state index contributed by atoms with van der Waals surface area (Å²) in [6.45, 7) is 1.52. The highest BCUT2D eigenvalue weighted by Crippen LogP contribution is 2.22. The number of benzene rings is 2. The lowest BCUT2D eigenvalue weighted by Gasteiger charge is -2.11. The monoisotopic (exact) mass is 348 g/mol. The second-order valence-corrected chi connectivity index (χ2v) is 6.28. The van der Waals surface area contributed by atoms with E-state index in [1.54, 1.807) is 10.9 Å². The standard InChI is InChI=1S/C19H20N6O/c26-19(18-13-25(24-23-18)12-14-5-2-1-3-6-14)21-16-8-4-7-15(11-16)17-9-10-20-22-17/h1-8,11,13,17,20,22H,9-10,12H2,(H,21,26). The zero-order valence-corrected chi connectivity index (χ0v) is 14.2. The quantitative estimate of drug-likeness (QED) is 0.658. The lowest BCUT2D eigenvalue weighted by molar-refractivity contribution is 0.102. The summed E-state index contributed by atoms with van der Waals surface area (Å²) >= 11 is 0. The van der Waals surface area contributed by atoms with Gasteiger partial charge in [0.2, 0.25) is 0 Å². The molecule has 7 nitrogen and oxygen atoms in total. The Morgan fingerprint density at radius 3 is 2.88 bits per heavy atom. The number of hydrogen-bond acceptors (Lipinski definition) is 5. The van der Waals surface area contributed by atoms with Crippen molar-refractivity contribution in [1.29, 1.82) is 0 Å². The maximum absolute atomic E-state index is 12.5. The van der Waals surface area contributed by atoms with Crippen LogP contribution in [0.4, 0.5) is 5.69 Å².